The van der Waals surface area contributed by atoms with Gasteiger partial charge in [0.05, 0.1) is 21.1 Å². The maximum atomic E-state index is 13.6. The number of hydrogen-bond acceptors (Lipinski definition) is 5. The van der Waals surface area contributed by atoms with Crippen LogP contribution in [0.5, 0.6) is 0 Å². The van der Waals surface area contributed by atoms with E-state index in [0.717, 1.165) is 28.1 Å². The van der Waals surface area contributed by atoms with E-state index in [9.17, 15) is 14.4 Å². The molecule has 0 aliphatic heterocycles. The second-order valence-electron chi connectivity index (χ2n) is 11.0. The van der Waals surface area contributed by atoms with E-state index < -0.39 is 5.92 Å². The molecular weight excluding hydrogens is 480 g/mol. The van der Waals surface area contributed by atoms with E-state index in [0.29, 0.717) is 37.5 Å². The van der Waals surface area contributed by atoms with Crippen molar-refractivity contribution in [1.82, 2.24) is 10.3 Å². The number of ketones is 2. The molecule has 0 saturated heterocycles. The molecule has 2 atom stereocenters. The molecule has 1 heterocycles. The van der Waals surface area contributed by atoms with Gasteiger partial charge < -0.3 is 5.32 Å². The fourth-order valence-corrected chi connectivity index (χ4v) is 6.47. The minimum absolute atomic E-state index is 0.00723. The topological polar surface area (TPSA) is 76.1 Å². The van der Waals surface area contributed by atoms with Crippen molar-refractivity contribution >= 4 is 39.0 Å². The van der Waals surface area contributed by atoms with Crippen LogP contribution < -0.4 is 5.32 Å². The maximum Gasteiger partial charge on any atom is 0.224 e. The quantitative estimate of drug-likeness (QED) is 0.248. The zero-order valence-electron chi connectivity index (χ0n) is 22.9. The third-order valence-electron chi connectivity index (χ3n) is 7.57. The zero-order chi connectivity index (χ0) is 26.8. The Kier molecular flexibility index (Phi) is 11.5. The normalized spacial score (nSPS) is 16.0. The lowest BCUT2D eigenvalue weighted by Crippen LogP contribution is -2.41. The lowest BCUT2D eigenvalue weighted by atomic mass is 9.83. The second-order valence-corrected chi connectivity index (χ2v) is 12.2. The van der Waals surface area contributed by atoms with Crippen molar-refractivity contribution in [2.45, 2.75) is 110 Å². The monoisotopic (exact) mass is 524 g/mol. The van der Waals surface area contributed by atoms with Crippen molar-refractivity contribution in [2.75, 3.05) is 0 Å². The third kappa shape index (κ3) is 9.17. The van der Waals surface area contributed by atoms with E-state index in [1.807, 2.05) is 6.92 Å². The van der Waals surface area contributed by atoms with Gasteiger partial charge in [-0.1, -0.05) is 65.5 Å². The molecule has 0 bridgehead atoms. The summed E-state index contributed by atoms with van der Waals surface area (Å²) < 4.78 is 1.12. The number of nitrogens with zero attached hydrogens (tertiary/aromatic N) is 1. The van der Waals surface area contributed by atoms with E-state index in [4.69, 9.17) is 4.98 Å². The van der Waals surface area contributed by atoms with Gasteiger partial charge in [-0.05, 0) is 54.9 Å². The summed E-state index contributed by atoms with van der Waals surface area (Å²) in [6, 6.07) is 6.30. The number of benzene rings is 1. The minimum Gasteiger partial charge on any atom is -0.353 e. The summed E-state index contributed by atoms with van der Waals surface area (Å²) in [4.78, 5) is 43.0. The molecule has 5 nitrogen and oxygen atoms in total. The van der Waals surface area contributed by atoms with Gasteiger partial charge in [0.1, 0.15) is 5.78 Å². The summed E-state index contributed by atoms with van der Waals surface area (Å²) in [6.07, 6.45) is 11.3. The van der Waals surface area contributed by atoms with Crippen molar-refractivity contribution in [1.29, 1.82) is 0 Å². The Morgan fingerprint density at radius 2 is 1.92 bits per heavy atom. The number of rotatable bonds is 15. The van der Waals surface area contributed by atoms with Crippen molar-refractivity contribution in [2.24, 2.45) is 11.8 Å². The Labute approximate surface area is 226 Å². The Hall–Kier alpha value is -2.34. The van der Waals surface area contributed by atoms with Crippen molar-refractivity contribution in [3.05, 3.63) is 41.4 Å². The van der Waals surface area contributed by atoms with Crippen LogP contribution in [0.1, 0.15) is 108 Å². The SMILES string of the molecule is C=CC(=O)CC[C@H](CC1CCCCC1)NC(=O)[C@@H](CC(=O)CCC)Cc1nc2ccc(C(C)C)cc2s1. The molecule has 1 fully saturated rings. The summed E-state index contributed by atoms with van der Waals surface area (Å²) in [5, 5.41) is 4.16. The van der Waals surface area contributed by atoms with Gasteiger partial charge in [0.25, 0.3) is 0 Å². The highest BCUT2D eigenvalue weighted by Gasteiger charge is 2.27. The van der Waals surface area contributed by atoms with E-state index in [1.54, 1.807) is 11.3 Å². The molecule has 1 aromatic heterocycles. The van der Waals surface area contributed by atoms with E-state index in [2.05, 4.69) is 43.9 Å². The van der Waals surface area contributed by atoms with Crippen molar-refractivity contribution in [3.63, 3.8) is 0 Å². The molecule has 1 aliphatic rings. The van der Waals surface area contributed by atoms with Crippen LogP contribution in [0.2, 0.25) is 0 Å². The predicted molar refractivity (Wildman–Crippen MR) is 153 cm³/mol. The molecule has 37 heavy (non-hydrogen) atoms. The number of carbonyl (C=O) groups excluding carboxylic acids is 3. The molecule has 1 aliphatic carbocycles. The summed E-state index contributed by atoms with van der Waals surface area (Å²) in [7, 11) is 0. The van der Waals surface area contributed by atoms with E-state index in [1.165, 1.54) is 43.7 Å². The first-order chi connectivity index (χ1) is 17.8. The number of Topliss-reactive ketones (excluding diaryl/α,β-unsaturated/α-hetero) is 1. The minimum atomic E-state index is -0.451. The number of thiazole rings is 1. The van der Waals surface area contributed by atoms with Gasteiger partial charge in [0, 0.05) is 31.7 Å². The average Bonchev–Trinajstić information content (AvgIpc) is 3.29. The predicted octanol–water partition coefficient (Wildman–Crippen LogP) is 7.33. The van der Waals surface area contributed by atoms with Gasteiger partial charge >= 0.3 is 0 Å². The molecule has 0 radical (unpaired) electrons. The maximum absolute atomic E-state index is 13.6. The molecule has 0 unspecified atom stereocenters. The standard InChI is InChI=1S/C31H44N2O3S/c1-5-10-27(35)18-24(20-30-33-28-16-13-23(21(3)4)19-29(28)37-30)31(36)32-25(14-15-26(34)6-2)17-22-11-8-7-9-12-22/h6,13,16,19,21-22,24-25H,2,5,7-12,14-15,17-18,20H2,1,3-4H3,(H,32,36)/t24-,25+/m0/s1. The number of fused-ring (bicyclic) bond motifs is 1. The molecule has 1 aromatic carbocycles. The van der Waals surface area contributed by atoms with Crippen LogP contribution in [-0.4, -0.2) is 28.5 Å². The molecular formula is C31H44N2O3S. The van der Waals surface area contributed by atoms with Gasteiger partial charge in [0.2, 0.25) is 5.91 Å². The smallest absolute Gasteiger partial charge is 0.224 e. The number of nitrogens with one attached hydrogen (secondary N) is 1. The van der Waals surface area contributed by atoms with Crippen LogP contribution >= 0.6 is 11.3 Å². The van der Waals surface area contributed by atoms with E-state index in [-0.39, 0.29) is 29.9 Å². The molecule has 1 saturated carbocycles. The fraction of sp³-hybridized carbons (Fsp3) is 0.613. The lowest BCUT2D eigenvalue weighted by Gasteiger charge is -2.28. The van der Waals surface area contributed by atoms with Crippen molar-refractivity contribution < 1.29 is 14.4 Å². The second kappa shape index (κ2) is 14.6. The molecule has 3 rings (SSSR count). The Morgan fingerprint density at radius 1 is 1.16 bits per heavy atom. The van der Waals surface area contributed by atoms with Crippen LogP contribution in [0, 0.1) is 11.8 Å². The highest BCUT2D eigenvalue weighted by atomic mass is 32.1. The Balaban J connectivity index is 1.76. The van der Waals surface area contributed by atoms with Crippen LogP contribution in [-0.2, 0) is 20.8 Å². The third-order valence-corrected chi connectivity index (χ3v) is 8.61. The molecule has 0 spiro atoms. The number of amides is 1. The zero-order valence-corrected chi connectivity index (χ0v) is 23.7. The lowest BCUT2D eigenvalue weighted by molar-refractivity contribution is -0.130. The van der Waals surface area contributed by atoms with Gasteiger partial charge in [-0.3, -0.25) is 14.4 Å². The molecule has 1 amide bonds. The molecule has 202 valence electrons. The van der Waals surface area contributed by atoms with Gasteiger partial charge in [-0.25, -0.2) is 4.98 Å². The first-order valence-electron chi connectivity index (χ1n) is 14.2. The summed E-state index contributed by atoms with van der Waals surface area (Å²) in [5.41, 5.74) is 2.22. The highest BCUT2D eigenvalue weighted by molar-refractivity contribution is 7.18. The van der Waals surface area contributed by atoms with Crippen LogP contribution in [0.25, 0.3) is 10.2 Å². The number of aromatic nitrogens is 1. The number of allylic oxidation sites excluding steroid dienone is 1. The Morgan fingerprint density at radius 3 is 2.59 bits per heavy atom. The summed E-state index contributed by atoms with van der Waals surface area (Å²) in [5.74, 6) is 0.614. The van der Waals surface area contributed by atoms with Gasteiger partial charge in [-0.2, -0.15) is 0 Å². The number of hydrogen-bond donors (Lipinski definition) is 1. The first-order valence-corrected chi connectivity index (χ1v) is 15.0. The van der Waals surface area contributed by atoms with Crippen LogP contribution in [0.4, 0.5) is 0 Å². The van der Waals surface area contributed by atoms with E-state index >= 15 is 0 Å². The fourth-order valence-electron chi connectivity index (χ4n) is 5.37. The first kappa shape index (κ1) is 29.2. The van der Waals surface area contributed by atoms with Gasteiger partial charge in [0.15, 0.2) is 5.78 Å². The molecule has 2 aromatic rings. The largest absolute Gasteiger partial charge is 0.353 e. The summed E-state index contributed by atoms with van der Waals surface area (Å²) >= 11 is 1.62. The molecule has 6 heteroatoms. The van der Waals surface area contributed by atoms with Crippen molar-refractivity contribution in [3.8, 4) is 0 Å². The highest BCUT2D eigenvalue weighted by Crippen LogP contribution is 2.30. The number of carbonyl (C=O) groups is 3. The average molecular weight is 525 g/mol. The van der Waals surface area contributed by atoms with Gasteiger partial charge in [-0.15, -0.1) is 11.3 Å². The van der Waals surface area contributed by atoms with Crippen LogP contribution in [0.3, 0.4) is 0 Å². The van der Waals surface area contributed by atoms with Crippen LogP contribution in [0.15, 0.2) is 30.9 Å². The summed E-state index contributed by atoms with van der Waals surface area (Å²) in [6.45, 7) is 9.93. The molecule has 1 N–H and O–H groups in total. The Bertz CT molecular complexity index is 1070.